The first-order chi connectivity index (χ1) is 18.5. The number of aromatic nitrogens is 1. The quantitative estimate of drug-likeness (QED) is 0.314. The summed E-state index contributed by atoms with van der Waals surface area (Å²) in [5.41, 5.74) is -0.284. The largest absolute Gasteiger partial charge is 0.393 e. The molecule has 2 aromatic carbocycles. The molecular formula is C30H37F4N3O2. The van der Waals surface area contributed by atoms with Crippen molar-refractivity contribution in [2.75, 3.05) is 32.8 Å². The van der Waals surface area contributed by atoms with E-state index in [0.29, 0.717) is 36.1 Å². The first-order valence-corrected chi connectivity index (χ1v) is 13.8. The molecule has 3 aromatic rings. The Balaban J connectivity index is 1.54. The molecule has 9 heteroatoms. The molecule has 5 nitrogen and oxygen atoms in total. The molecule has 0 bridgehead atoms. The highest BCUT2D eigenvalue weighted by molar-refractivity contribution is 5.85. The van der Waals surface area contributed by atoms with Gasteiger partial charge in [0.05, 0.1) is 18.8 Å². The van der Waals surface area contributed by atoms with Crippen LogP contribution in [0.25, 0.3) is 10.9 Å². The van der Waals surface area contributed by atoms with Crippen molar-refractivity contribution < 1.29 is 27.8 Å². The minimum Gasteiger partial charge on any atom is -0.393 e. The molecule has 0 aliphatic carbocycles. The van der Waals surface area contributed by atoms with E-state index in [-0.39, 0.29) is 29.6 Å². The van der Waals surface area contributed by atoms with Gasteiger partial charge in [0.15, 0.2) is 0 Å². The third-order valence-corrected chi connectivity index (χ3v) is 8.39. The van der Waals surface area contributed by atoms with E-state index in [2.05, 4.69) is 16.8 Å². The van der Waals surface area contributed by atoms with Gasteiger partial charge in [0.1, 0.15) is 23.1 Å². The first-order valence-electron chi connectivity index (χ1n) is 13.8. The lowest BCUT2D eigenvalue weighted by atomic mass is 9.85. The van der Waals surface area contributed by atoms with Crippen LogP contribution in [0.2, 0.25) is 0 Å². The standard InChI is InChI=1S/C30H37F4N3O2/c1-4-5-8-36-13-19(14-36)29(39)18-10-23(32)26(24(33)11-18)28-27-22(21-12-20(31)6-7-25(21)35-27)9-17(2)37(28)15-30(3,34)16-38/h6-7,10-12,17,19,28-29,35,38-39H,4-5,8-9,13-16H2,1-3H3/t17-,28-,29?,30?/m1/s1. The number of alkyl halides is 1. The predicted octanol–water partition coefficient (Wildman–Crippen LogP) is 5.41. The lowest BCUT2D eigenvalue weighted by molar-refractivity contribution is -0.00589. The molecule has 3 heterocycles. The van der Waals surface area contributed by atoms with E-state index < -0.39 is 41.9 Å². The fourth-order valence-electron chi connectivity index (χ4n) is 6.20. The molecule has 0 spiro atoms. The van der Waals surface area contributed by atoms with Crippen molar-refractivity contribution in [1.29, 1.82) is 0 Å². The van der Waals surface area contributed by atoms with Gasteiger partial charge in [0, 0.05) is 53.8 Å². The van der Waals surface area contributed by atoms with Crippen molar-refractivity contribution in [3.8, 4) is 0 Å². The van der Waals surface area contributed by atoms with Crippen molar-refractivity contribution >= 4 is 10.9 Å². The van der Waals surface area contributed by atoms with Crippen molar-refractivity contribution in [3.05, 3.63) is 70.2 Å². The Kier molecular flexibility index (Phi) is 7.81. The van der Waals surface area contributed by atoms with Crippen LogP contribution >= 0.6 is 0 Å². The monoisotopic (exact) mass is 547 g/mol. The molecule has 212 valence electrons. The molecule has 1 aromatic heterocycles. The number of rotatable bonds is 9. The zero-order valence-corrected chi connectivity index (χ0v) is 22.7. The number of aliphatic hydroxyl groups is 2. The number of nitrogens with zero attached hydrogens (tertiary/aromatic N) is 2. The molecular weight excluding hydrogens is 510 g/mol. The Morgan fingerprint density at radius 3 is 2.46 bits per heavy atom. The highest BCUT2D eigenvalue weighted by Gasteiger charge is 2.42. The maximum Gasteiger partial charge on any atom is 0.143 e. The second kappa shape index (κ2) is 10.8. The Bertz CT molecular complexity index is 1310. The molecule has 1 fully saturated rings. The SMILES string of the molecule is CCCCN1CC(C(O)c2cc(F)c([C@@H]3c4[nH]c5ccc(F)cc5c4C[C@@H](C)N3CC(C)(F)CO)c(F)c2)C1. The van der Waals surface area contributed by atoms with Gasteiger partial charge >= 0.3 is 0 Å². The smallest absolute Gasteiger partial charge is 0.143 e. The van der Waals surface area contributed by atoms with Crippen LogP contribution in [0, 0.1) is 23.4 Å². The molecule has 2 aliphatic heterocycles. The molecule has 0 radical (unpaired) electrons. The zero-order chi connectivity index (χ0) is 28.1. The summed E-state index contributed by atoms with van der Waals surface area (Å²) in [6.45, 7) is 6.46. The van der Waals surface area contributed by atoms with Crippen molar-refractivity contribution in [2.24, 2.45) is 5.92 Å². The number of hydrogen-bond donors (Lipinski definition) is 3. The van der Waals surface area contributed by atoms with Crippen molar-refractivity contribution in [1.82, 2.24) is 14.8 Å². The Morgan fingerprint density at radius 2 is 1.82 bits per heavy atom. The highest BCUT2D eigenvalue weighted by atomic mass is 19.1. The van der Waals surface area contributed by atoms with Gasteiger partial charge in [-0.3, -0.25) is 4.90 Å². The van der Waals surface area contributed by atoms with E-state index in [9.17, 15) is 14.6 Å². The first kappa shape index (κ1) is 28.1. The summed E-state index contributed by atoms with van der Waals surface area (Å²) in [6, 6.07) is 5.24. The van der Waals surface area contributed by atoms with Crippen LogP contribution < -0.4 is 0 Å². The van der Waals surface area contributed by atoms with Crippen molar-refractivity contribution in [3.63, 3.8) is 0 Å². The minimum atomic E-state index is -2.01. The van der Waals surface area contributed by atoms with Crippen LogP contribution in [0.3, 0.4) is 0 Å². The van der Waals surface area contributed by atoms with Gasteiger partial charge in [-0.1, -0.05) is 13.3 Å². The number of benzene rings is 2. The number of fused-ring (bicyclic) bond motifs is 3. The van der Waals surface area contributed by atoms with Gasteiger partial charge in [-0.05, 0) is 74.7 Å². The number of halogens is 4. The van der Waals surface area contributed by atoms with Crippen LogP contribution in [0.15, 0.2) is 30.3 Å². The molecule has 0 amide bonds. The van der Waals surface area contributed by atoms with E-state index in [0.717, 1.165) is 24.9 Å². The van der Waals surface area contributed by atoms with Crippen LogP contribution in [-0.2, 0) is 6.42 Å². The number of aliphatic hydroxyl groups excluding tert-OH is 2. The number of aromatic amines is 1. The van der Waals surface area contributed by atoms with Crippen LogP contribution in [0.5, 0.6) is 0 Å². The van der Waals surface area contributed by atoms with Gasteiger partial charge in [0.2, 0.25) is 0 Å². The fraction of sp³-hybridized carbons (Fsp3) is 0.533. The molecule has 5 rings (SSSR count). The summed E-state index contributed by atoms with van der Waals surface area (Å²) in [5.74, 6) is -2.21. The van der Waals surface area contributed by atoms with Gasteiger partial charge in [0.25, 0.3) is 0 Å². The second-order valence-electron chi connectivity index (χ2n) is 11.6. The normalized spacial score (nSPS) is 23.0. The number of H-pyrrole nitrogens is 1. The Morgan fingerprint density at radius 1 is 1.13 bits per heavy atom. The second-order valence-corrected chi connectivity index (χ2v) is 11.6. The molecule has 3 N–H and O–H groups in total. The van der Waals surface area contributed by atoms with Crippen LogP contribution in [-0.4, -0.2) is 69.5 Å². The molecule has 1 saturated heterocycles. The summed E-state index contributed by atoms with van der Waals surface area (Å²) in [7, 11) is 0. The van der Waals surface area contributed by atoms with E-state index in [1.54, 1.807) is 11.0 Å². The molecule has 0 saturated carbocycles. The highest BCUT2D eigenvalue weighted by Crippen LogP contribution is 2.44. The van der Waals surface area contributed by atoms with E-state index in [1.807, 2.05) is 6.92 Å². The maximum atomic E-state index is 15.9. The Hall–Kier alpha value is -2.46. The van der Waals surface area contributed by atoms with E-state index in [4.69, 9.17) is 0 Å². The minimum absolute atomic E-state index is 0.107. The van der Waals surface area contributed by atoms with Gasteiger partial charge < -0.3 is 20.1 Å². The van der Waals surface area contributed by atoms with Crippen LogP contribution in [0.1, 0.15) is 68.1 Å². The third-order valence-electron chi connectivity index (χ3n) is 8.39. The summed E-state index contributed by atoms with van der Waals surface area (Å²) in [4.78, 5) is 7.08. The number of hydrogen-bond acceptors (Lipinski definition) is 4. The summed E-state index contributed by atoms with van der Waals surface area (Å²) < 4.78 is 61.1. The van der Waals surface area contributed by atoms with Gasteiger partial charge in [-0.15, -0.1) is 0 Å². The number of unbranched alkanes of at least 4 members (excludes halogenated alkanes) is 1. The lowest BCUT2D eigenvalue weighted by Gasteiger charge is -2.43. The molecule has 2 unspecified atom stereocenters. The van der Waals surface area contributed by atoms with Crippen molar-refractivity contribution in [2.45, 2.75) is 63.9 Å². The topological polar surface area (TPSA) is 62.7 Å². The maximum absolute atomic E-state index is 15.9. The average Bonchev–Trinajstić information content (AvgIpc) is 3.21. The number of nitrogens with one attached hydrogen (secondary N) is 1. The summed E-state index contributed by atoms with van der Waals surface area (Å²) in [5, 5.41) is 21.2. The molecule has 2 aliphatic rings. The lowest BCUT2D eigenvalue weighted by Crippen LogP contribution is -2.50. The molecule has 39 heavy (non-hydrogen) atoms. The average molecular weight is 548 g/mol. The zero-order valence-electron chi connectivity index (χ0n) is 22.7. The van der Waals surface area contributed by atoms with E-state index in [1.165, 1.54) is 31.2 Å². The number of likely N-dealkylation sites (tertiary alicyclic amines) is 1. The van der Waals surface area contributed by atoms with Crippen LogP contribution in [0.4, 0.5) is 17.6 Å². The third kappa shape index (κ3) is 5.34. The van der Waals surface area contributed by atoms with Gasteiger partial charge in [-0.2, -0.15) is 0 Å². The fourth-order valence-corrected chi connectivity index (χ4v) is 6.20. The summed E-state index contributed by atoms with van der Waals surface area (Å²) in [6.07, 6.45) is 1.55. The molecule has 4 atom stereocenters. The summed E-state index contributed by atoms with van der Waals surface area (Å²) >= 11 is 0. The van der Waals surface area contributed by atoms with Gasteiger partial charge in [-0.25, -0.2) is 17.6 Å². The van der Waals surface area contributed by atoms with E-state index >= 15 is 13.2 Å². The Labute approximate surface area is 226 Å². The predicted molar refractivity (Wildman–Crippen MR) is 143 cm³/mol.